The van der Waals surface area contributed by atoms with Crippen molar-refractivity contribution in [2.24, 2.45) is 0 Å². The van der Waals surface area contributed by atoms with Crippen LogP contribution in [0.1, 0.15) is 64.7 Å². The molecule has 0 N–H and O–H groups in total. The van der Waals surface area contributed by atoms with Crippen molar-refractivity contribution in [2.75, 3.05) is 6.61 Å². The van der Waals surface area contributed by atoms with Crippen molar-refractivity contribution in [3.8, 4) is 11.5 Å². The van der Waals surface area contributed by atoms with Gasteiger partial charge in [-0.25, -0.2) is 0 Å². The minimum atomic E-state index is 0.266. The fourth-order valence-electron chi connectivity index (χ4n) is 2.51. The molecule has 0 fully saturated rings. The lowest BCUT2D eigenvalue weighted by Gasteiger charge is -2.24. The fraction of sp³-hybridized carbons (Fsp3) is 0.750. The molecule has 0 saturated carbocycles. The number of hydrogen-bond acceptors (Lipinski definition) is 3. The fourth-order valence-corrected chi connectivity index (χ4v) is 3.18. The van der Waals surface area contributed by atoms with E-state index in [-0.39, 0.29) is 6.10 Å². The standard InChI is InChI=1S/C16H26O2S/c1-2-3-4-5-6-7-8-9-10-14-11-17-15-12-19-13-16(15)18-14/h12-14H,2-11H2,1H3. The molecule has 3 heteroatoms. The Morgan fingerprint density at radius 2 is 1.68 bits per heavy atom. The van der Waals surface area contributed by atoms with E-state index in [9.17, 15) is 0 Å². The van der Waals surface area contributed by atoms with Crippen LogP contribution in [0, 0.1) is 0 Å². The summed E-state index contributed by atoms with van der Waals surface area (Å²) in [7, 11) is 0. The van der Waals surface area contributed by atoms with Gasteiger partial charge >= 0.3 is 0 Å². The first kappa shape index (κ1) is 14.7. The average molecular weight is 282 g/mol. The van der Waals surface area contributed by atoms with Crippen molar-refractivity contribution in [2.45, 2.75) is 70.8 Å². The summed E-state index contributed by atoms with van der Waals surface area (Å²) in [5, 5.41) is 4.05. The van der Waals surface area contributed by atoms with Crippen molar-refractivity contribution >= 4 is 11.3 Å². The third kappa shape index (κ3) is 5.06. The SMILES string of the molecule is CCCCCCCCCCC1COc2cscc2O1. The van der Waals surface area contributed by atoms with Gasteiger partial charge in [0.05, 0.1) is 0 Å². The summed E-state index contributed by atoms with van der Waals surface area (Å²) >= 11 is 1.65. The molecule has 2 nitrogen and oxygen atoms in total. The van der Waals surface area contributed by atoms with Crippen LogP contribution >= 0.6 is 11.3 Å². The van der Waals surface area contributed by atoms with Crippen molar-refractivity contribution < 1.29 is 9.47 Å². The van der Waals surface area contributed by atoms with Gasteiger partial charge in [0.25, 0.3) is 0 Å². The van der Waals surface area contributed by atoms with Gasteiger partial charge in [0.15, 0.2) is 11.5 Å². The number of fused-ring (bicyclic) bond motifs is 1. The maximum atomic E-state index is 5.92. The van der Waals surface area contributed by atoms with Crippen molar-refractivity contribution in [3.05, 3.63) is 10.8 Å². The Labute approximate surface area is 121 Å². The highest BCUT2D eigenvalue weighted by Gasteiger charge is 2.20. The van der Waals surface area contributed by atoms with Crippen LogP contribution < -0.4 is 9.47 Å². The molecule has 0 radical (unpaired) electrons. The molecular weight excluding hydrogens is 256 g/mol. The highest BCUT2D eigenvalue weighted by atomic mass is 32.1. The molecule has 0 bridgehead atoms. The molecular formula is C16H26O2S. The van der Waals surface area contributed by atoms with Gasteiger partial charge in [0.1, 0.15) is 12.7 Å². The first-order valence-electron chi connectivity index (χ1n) is 7.75. The zero-order chi connectivity index (χ0) is 13.3. The number of rotatable bonds is 9. The maximum absolute atomic E-state index is 5.92. The predicted molar refractivity (Wildman–Crippen MR) is 81.5 cm³/mol. The number of thiophene rings is 1. The van der Waals surface area contributed by atoms with E-state index in [0.29, 0.717) is 0 Å². The zero-order valence-electron chi connectivity index (χ0n) is 12.0. The molecule has 19 heavy (non-hydrogen) atoms. The van der Waals surface area contributed by atoms with Gasteiger partial charge in [-0.2, -0.15) is 0 Å². The summed E-state index contributed by atoms with van der Waals surface area (Å²) < 4.78 is 11.6. The van der Waals surface area contributed by atoms with Gasteiger partial charge in [-0.3, -0.25) is 0 Å². The number of unbranched alkanes of at least 4 members (excludes halogenated alkanes) is 7. The lowest BCUT2D eigenvalue weighted by molar-refractivity contribution is 0.0842. The van der Waals surface area contributed by atoms with Crippen LogP contribution in [0.5, 0.6) is 11.5 Å². The van der Waals surface area contributed by atoms with E-state index in [0.717, 1.165) is 24.5 Å². The molecule has 2 rings (SSSR count). The van der Waals surface area contributed by atoms with Gasteiger partial charge in [0.2, 0.25) is 0 Å². The smallest absolute Gasteiger partial charge is 0.172 e. The highest BCUT2D eigenvalue weighted by Crippen LogP contribution is 2.36. The van der Waals surface area contributed by atoms with Crippen LogP contribution in [0.4, 0.5) is 0 Å². The molecule has 1 aromatic rings. The Morgan fingerprint density at radius 3 is 2.47 bits per heavy atom. The van der Waals surface area contributed by atoms with Crippen molar-refractivity contribution in [1.29, 1.82) is 0 Å². The van der Waals surface area contributed by atoms with E-state index >= 15 is 0 Å². The largest absolute Gasteiger partial charge is 0.485 e. The molecule has 108 valence electrons. The van der Waals surface area contributed by atoms with Gasteiger partial charge < -0.3 is 9.47 Å². The average Bonchev–Trinajstić information content (AvgIpc) is 2.89. The van der Waals surface area contributed by atoms with Gasteiger partial charge in [-0.15, -0.1) is 11.3 Å². The van der Waals surface area contributed by atoms with E-state index in [1.807, 2.05) is 10.8 Å². The minimum Gasteiger partial charge on any atom is -0.485 e. The molecule has 1 aliphatic heterocycles. The number of hydrogen-bond donors (Lipinski definition) is 0. The summed E-state index contributed by atoms with van der Waals surface area (Å²) in [5.74, 6) is 1.87. The number of ether oxygens (including phenoxy) is 2. The molecule has 1 aromatic heterocycles. The molecule has 1 atom stereocenters. The summed E-state index contributed by atoms with van der Waals surface area (Å²) in [5.41, 5.74) is 0. The first-order chi connectivity index (χ1) is 9.40. The van der Waals surface area contributed by atoms with E-state index < -0.39 is 0 Å². The van der Waals surface area contributed by atoms with E-state index in [1.54, 1.807) is 11.3 Å². The Bertz CT molecular complexity index is 348. The summed E-state index contributed by atoms with van der Waals surface area (Å²) in [6, 6.07) is 0. The Balaban J connectivity index is 1.48. The third-order valence-electron chi connectivity index (χ3n) is 3.69. The molecule has 0 aromatic carbocycles. The Kier molecular flexibility index (Phi) is 6.55. The Hall–Kier alpha value is -0.700. The van der Waals surface area contributed by atoms with Gasteiger partial charge in [-0.1, -0.05) is 51.9 Å². The van der Waals surface area contributed by atoms with Crippen molar-refractivity contribution in [1.82, 2.24) is 0 Å². The van der Waals surface area contributed by atoms with E-state index in [4.69, 9.17) is 9.47 Å². The first-order valence-corrected chi connectivity index (χ1v) is 8.70. The lowest BCUT2D eigenvalue weighted by Crippen LogP contribution is -2.28. The molecule has 0 aliphatic carbocycles. The topological polar surface area (TPSA) is 18.5 Å². The van der Waals surface area contributed by atoms with Crippen LogP contribution in [0.2, 0.25) is 0 Å². The van der Waals surface area contributed by atoms with Gasteiger partial charge in [0, 0.05) is 10.8 Å². The predicted octanol–water partition coefficient (Wildman–Crippen LogP) is 5.42. The maximum Gasteiger partial charge on any atom is 0.172 e. The molecule has 1 aliphatic rings. The quantitative estimate of drug-likeness (QED) is 0.563. The summed E-state index contributed by atoms with van der Waals surface area (Å²) in [4.78, 5) is 0. The lowest BCUT2D eigenvalue weighted by atomic mass is 10.1. The van der Waals surface area contributed by atoms with Crippen LogP contribution in [-0.4, -0.2) is 12.7 Å². The molecule has 2 heterocycles. The molecule has 1 unspecified atom stereocenters. The van der Waals surface area contributed by atoms with E-state index in [2.05, 4.69) is 6.92 Å². The molecule has 0 spiro atoms. The molecule has 0 saturated heterocycles. The van der Waals surface area contributed by atoms with E-state index in [1.165, 1.54) is 51.4 Å². The second-order valence-electron chi connectivity index (χ2n) is 5.41. The zero-order valence-corrected chi connectivity index (χ0v) is 12.8. The highest BCUT2D eigenvalue weighted by molar-refractivity contribution is 7.08. The summed E-state index contributed by atoms with van der Waals surface area (Å²) in [6.07, 6.45) is 12.3. The second kappa shape index (κ2) is 8.47. The summed E-state index contributed by atoms with van der Waals surface area (Å²) in [6.45, 7) is 2.99. The monoisotopic (exact) mass is 282 g/mol. The third-order valence-corrected chi connectivity index (χ3v) is 4.39. The Morgan fingerprint density at radius 1 is 1.00 bits per heavy atom. The van der Waals surface area contributed by atoms with Crippen LogP contribution in [0.15, 0.2) is 10.8 Å². The van der Waals surface area contributed by atoms with Gasteiger partial charge in [-0.05, 0) is 12.8 Å². The van der Waals surface area contributed by atoms with Crippen LogP contribution in [0.25, 0.3) is 0 Å². The molecule has 0 amide bonds. The van der Waals surface area contributed by atoms with Crippen LogP contribution in [0.3, 0.4) is 0 Å². The normalized spacial score (nSPS) is 17.6. The van der Waals surface area contributed by atoms with Crippen LogP contribution in [-0.2, 0) is 0 Å². The van der Waals surface area contributed by atoms with Crippen molar-refractivity contribution in [3.63, 3.8) is 0 Å². The minimum absolute atomic E-state index is 0.266. The second-order valence-corrected chi connectivity index (χ2v) is 6.16.